The molecule has 23 heavy (non-hydrogen) atoms. The minimum Gasteiger partial charge on any atom is -0.493 e. The summed E-state index contributed by atoms with van der Waals surface area (Å²) >= 11 is 6.90. The van der Waals surface area contributed by atoms with Crippen molar-refractivity contribution >= 4 is 42.8 Å². The van der Waals surface area contributed by atoms with Crippen LogP contribution in [-0.2, 0) is 0 Å². The molecule has 3 rings (SSSR count). The third-order valence-corrected chi connectivity index (χ3v) is 4.61. The maximum atomic E-state index is 12.4. The summed E-state index contributed by atoms with van der Waals surface area (Å²) < 4.78 is 17.6. The van der Waals surface area contributed by atoms with Crippen molar-refractivity contribution in [2.45, 2.75) is 0 Å². The SMILES string of the molecule is COc1cc(Br)c(-c2cc3cc(Br)ccc3oc2=O)cc1OC. The Balaban J connectivity index is 2.27. The molecule has 4 nitrogen and oxygen atoms in total. The Kier molecular flexibility index (Phi) is 4.46. The van der Waals surface area contributed by atoms with Crippen molar-refractivity contribution in [2.75, 3.05) is 14.2 Å². The molecule has 1 heterocycles. The number of halogens is 2. The summed E-state index contributed by atoms with van der Waals surface area (Å²) in [6.07, 6.45) is 0. The van der Waals surface area contributed by atoms with Crippen molar-refractivity contribution < 1.29 is 13.9 Å². The molecule has 0 aliphatic carbocycles. The van der Waals surface area contributed by atoms with Crippen LogP contribution in [-0.4, -0.2) is 14.2 Å². The van der Waals surface area contributed by atoms with Gasteiger partial charge < -0.3 is 13.9 Å². The predicted octanol–water partition coefficient (Wildman–Crippen LogP) is 5.00. The fourth-order valence-corrected chi connectivity index (χ4v) is 3.26. The zero-order valence-corrected chi connectivity index (χ0v) is 15.5. The summed E-state index contributed by atoms with van der Waals surface area (Å²) in [4.78, 5) is 12.4. The Morgan fingerprint density at radius 1 is 0.913 bits per heavy atom. The molecule has 1 aromatic heterocycles. The van der Waals surface area contributed by atoms with Crippen molar-refractivity contribution in [1.82, 2.24) is 0 Å². The lowest BCUT2D eigenvalue weighted by Crippen LogP contribution is -2.03. The molecular formula is C17H12Br2O4. The Hall–Kier alpha value is -1.79. The molecule has 0 saturated heterocycles. The second-order valence-electron chi connectivity index (χ2n) is 4.82. The number of benzene rings is 2. The van der Waals surface area contributed by atoms with Crippen LogP contribution in [0, 0.1) is 0 Å². The van der Waals surface area contributed by atoms with Gasteiger partial charge in [-0.25, -0.2) is 4.79 Å². The van der Waals surface area contributed by atoms with Crippen LogP contribution >= 0.6 is 31.9 Å². The number of fused-ring (bicyclic) bond motifs is 1. The second kappa shape index (κ2) is 6.37. The van der Waals surface area contributed by atoms with Gasteiger partial charge in [0.05, 0.1) is 19.8 Å². The van der Waals surface area contributed by atoms with E-state index in [0.29, 0.717) is 28.2 Å². The predicted molar refractivity (Wildman–Crippen MR) is 96.4 cm³/mol. The van der Waals surface area contributed by atoms with E-state index in [2.05, 4.69) is 31.9 Å². The number of rotatable bonds is 3. The van der Waals surface area contributed by atoms with E-state index in [9.17, 15) is 4.79 Å². The van der Waals surface area contributed by atoms with Crippen molar-refractivity contribution in [3.63, 3.8) is 0 Å². The first-order valence-corrected chi connectivity index (χ1v) is 8.27. The fourth-order valence-electron chi connectivity index (χ4n) is 2.34. The molecule has 0 fully saturated rings. The van der Waals surface area contributed by atoms with Gasteiger partial charge in [-0.2, -0.15) is 0 Å². The van der Waals surface area contributed by atoms with Gasteiger partial charge >= 0.3 is 5.63 Å². The molecule has 0 radical (unpaired) electrons. The van der Waals surface area contributed by atoms with Crippen LogP contribution in [0.5, 0.6) is 11.5 Å². The van der Waals surface area contributed by atoms with Gasteiger partial charge in [0.2, 0.25) is 0 Å². The van der Waals surface area contributed by atoms with Gasteiger partial charge in [0.1, 0.15) is 5.58 Å². The summed E-state index contributed by atoms with van der Waals surface area (Å²) in [6.45, 7) is 0. The zero-order chi connectivity index (χ0) is 16.6. The van der Waals surface area contributed by atoms with Crippen LogP contribution in [0.25, 0.3) is 22.1 Å². The summed E-state index contributed by atoms with van der Waals surface area (Å²) in [5.74, 6) is 1.12. The van der Waals surface area contributed by atoms with Crippen molar-refractivity contribution in [2.24, 2.45) is 0 Å². The molecule has 0 unspecified atom stereocenters. The molecule has 118 valence electrons. The fraction of sp³-hybridized carbons (Fsp3) is 0.118. The van der Waals surface area contributed by atoms with Crippen LogP contribution in [0.2, 0.25) is 0 Å². The smallest absolute Gasteiger partial charge is 0.344 e. The topological polar surface area (TPSA) is 48.7 Å². The van der Waals surface area contributed by atoms with Crippen molar-refractivity contribution in [3.05, 3.63) is 55.8 Å². The standard InChI is InChI=1S/C17H12Br2O4/c1-21-15-7-11(13(19)8-16(15)22-2)12-6-9-5-10(18)3-4-14(9)23-17(12)20/h3-8H,1-2H3. The number of methoxy groups -OCH3 is 2. The van der Waals surface area contributed by atoms with Crippen LogP contribution in [0.1, 0.15) is 0 Å². The lowest BCUT2D eigenvalue weighted by atomic mass is 10.1. The first-order chi connectivity index (χ1) is 11.0. The van der Waals surface area contributed by atoms with Crippen LogP contribution in [0.15, 0.2) is 54.6 Å². The molecule has 0 aliphatic heterocycles. The maximum absolute atomic E-state index is 12.4. The molecule has 0 saturated carbocycles. The van der Waals surface area contributed by atoms with Gasteiger partial charge in [0.15, 0.2) is 11.5 Å². The molecule has 6 heteroatoms. The van der Waals surface area contributed by atoms with E-state index >= 15 is 0 Å². The molecule has 3 aromatic rings. The normalized spacial score (nSPS) is 10.8. The summed E-state index contributed by atoms with van der Waals surface area (Å²) in [7, 11) is 3.11. The van der Waals surface area contributed by atoms with Gasteiger partial charge in [-0.05, 0) is 36.4 Å². The monoisotopic (exact) mass is 438 g/mol. The lowest BCUT2D eigenvalue weighted by Gasteiger charge is -2.11. The minimum atomic E-state index is -0.409. The van der Waals surface area contributed by atoms with Gasteiger partial charge in [0.25, 0.3) is 0 Å². The van der Waals surface area contributed by atoms with Crippen molar-refractivity contribution in [3.8, 4) is 22.6 Å². The molecule has 0 aliphatic rings. The number of ether oxygens (including phenoxy) is 2. The van der Waals surface area contributed by atoms with E-state index in [1.54, 1.807) is 38.5 Å². The van der Waals surface area contributed by atoms with E-state index in [0.717, 1.165) is 14.3 Å². The third-order valence-electron chi connectivity index (χ3n) is 3.46. The van der Waals surface area contributed by atoms with Gasteiger partial charge in [-0.3, -0.25) is 0 Å². The highest BCUT2D eigenvalue weighted by atomic mass is 79.9. The summed E-state index contributed by atoms with van der Waals surface area (Å²) in [6, 6.07) is 10.8. The van der Waals surface area contributed by atoms with E-state index in [1.807, 2.05) is 12.1 Å². The van der Waals surface area contributed by atoms with E-state index < -0.39 is 5.63 Å². The Labute approximate surface area is 149 Å². The van der Waals surface area contributed by atoms with Crippen LogP contribution in [0.3, 0.4) is 0 Å². The molecule has 0 spiro atoms. The first kappa shape index (κ1) is 16.1. The largest absolute Gasteiger partial charge is 0.493 e. The Bertz CT molecular complexity index is 947. The van der Waals surface area contributed by atoms with E-state index in [4.69, 9.17) is 13.9 Å². The average molecular weight is 440 g/mol. The van der Waals surface area contributed by atoms with Gasteiger partial charge in [-0.1, -0.05) is 31.9 Å². The van der Waals surface area contributed by atoms with E-state index in [-0.39, 0.29) is 0 Å². The maximum Gasteiger partial charge on any atom is 0.344 e. The zero-order valence-electron chi connectivity index (χ0n) is 12.4. The highest BCUT2D eigenvalue weighted by molar-refractivity contribution is 9.10. The minimum absolute atomic E-state index is 0.409. The van der Waals surface area contributed by atoms with Crippen LogP contribution < -0.4 is 15.1 Å². The first-order valence-electron chi connectivity index (χ1n) is 6.69. The average Bonchev–Trinajstić information content (AvgIpc) is 2.54. The highest BCUT2D eigenvalue weighted by Crippen LogP contribution is 2.38. The molecular weight excluding hydrogens is 428 g/mol. The summed E-state index contributed by atoms with van der Waals surface area (Å²) in [5, 5.41) is 0.829. The van der Waals surface area contributed by atoms with Crippen molar-refractivity contribution in [1.29, 1.82) is 0 Å². The second-order valence-corrected chi connectivity index (χ2v) is 6.59. The third kappa shape index (κ3) is 3.01. The van der Waals surface area contributed by atoms with Crippen LogP contribution in [0.4, 0.5) is 0 Å². The highest BCUT2D eigenvalue weighted by Gasteiger charge is 2.15. The van der Waals surface area contributed by atoms with Gasteiger partial charge in [0, 0.05) is 19.9 Å². The Morgan fingerprint density at radius 2 is 1.61 bits per heavy atom. The number of hydrogen-bond acceptors (Lipinski definition) is 4. The lowest BCUT2D eigenvalue weighted by molar-refractivity contribution is 0.355. The summed E-state index contributed by atoms with van der Waals surface area (Å²) in [5.41, 5.74) is 1.26. The number of hydrogen-bond donors (Lipinski definition) is 0. The molecule has 0 atom stereocenters. The van der Waals surface area contributed by atoms with E-state index in [1.165, 1.54) is 0 Å². The molecule has 0 N–H and O–H groups in total. The quantitative estimate of drug-likeness (QED) is 0.538. The van der Waals surface area contributed by atoms with Gasteiger partial charge in [-0.15, -0.1) is 0 Å². The molecule has 0 bridgehead atoms. The molecule has 2 aromatic carbocycles. The molecule has 0 amide bonds. The Morgan fingerprint density at radius 3 is 2.30 bits per heavy atom.